The van der Waals surface area contributed by atoms with Crippen molar-refractivity contribution in [3.63, 3.8) is 0 Å². The van der Waals surface area contributed by atoms with Crippen molar-refractivity contribution >= 4 is 15.9 Å². The van der Waals surface area contributed by atoms with Gasteiger partial charge in [-0.25, -0.2) is 0 Å². The number of nitrogens with two attached hydrogens (primary N) is 1. The molecule has 2 nitrogen and oxygen atoms in total. The van der Waals surface area contributed by atoms with Crippen LogP contribution in [0, 0.1) is 13.8 Å². The summed E-state index contributed by atoms with van der Waals surface area (Å²) in [6.45, 7) is 5.75. The van der Waals surface area contributed by atoms with E-state index in [1.807, 2.05) is 26.8 Å². The Labute approximate surface area is 86.9 Å². The number of benzene rings is 1. The first-order valence-corrected chi connectivity index (χ1v) is 4.98. The third kappa shape index (κ3) is 1.86. The SMILES string of the molecule is Cc1cc(C(C)N)c(C)c(Br)c1O. The van der Waals surface area contributed by atoms with Crippen LogP contribution < -0.4 is 5.73 Å². The van der Waals surface area contributed by atoms with Gasteiger partial charge in [-0.05, 0) is 53.4 Å². The van der Waals surface area contributed by atoms with Gasteiger partial charge < -0.3 is 10.8 Å². The standard InChI is InChI=1S/C10H14BrNO/c1-5-4-8(7(3)12)6(2)9(11)10(5)13/h4,7,13H,12H2,1-3H3. The highest BCUT2D eigenvalue weighted by atomic mass is 79.9. The highest BCUT2D eigenvalue weighted by Crippen LogP contribution is 2.34. The number of rotatable bonds is 1. The van der Waals surface area contributed by atoms with Crippen molar-refractivity contribution in [3.8, 4) is 5.75 Å². The minimum absolute atomic E-state index is 0.00407. The molecule has 0 heterocycles. The number of hydrogen-bond acceptors (Lipinski definition) is 2. The smallest absolute Gasteiger partial charge is 0.132 e. The summed E-state index contributed by atoms with van der Waals surface area (Å²) >= 11 is 3.34. The molecule has 1 aromatic rings. The number of aromatic hydroxyl groups is 1. The summed E-state index contributed by atoms with van der Waals surface area (Å²) in [5.41, 5.74) is 8.74. The average Bonchev–Trinajstić information content (AvgIpc) is 2.07. The summed E-state index contributed by atoms with van der Waals surface area (Å²) in [4.78, 5) is 0. The fourth-order valence-electron chi connectivity index (χ4n) is 1.36. The molecule has 3 heteroatoms. The lowest BCUT2D eigenvalue weighted by Gasteiger charge is -2.14. The Morgan fingerprint density at radius 3 is 2.46 bits per heavy atom. The molecule has 0 aliphatic rings. The van der Waals surface area contributed by atoms with Gasteiger partial charge in [-0.3, -0.25) is 0 Å². The summed E-state index contributed by atoms with van der Waals surface area (Å²) in [5.74, 6) is 0.307. The first-order valence-electron chi connectivity index (χ1n) is 4.19. The molecule has 0 fully saturated rings. The second-order valence-corrected chi connectivity index (χ2v) is 4.15. The quantitative estimate of drug-likeness (QED) is 0.797. The number of phenols is 1. The van der Waals surface area contributed by atoms with Gasteiger partial charge in [0.2, 0.25) is 0 Å². The normalized spacial score (nSPS) is 13.0. The largest absolute Gasteiger partial charge is 0.506 e. The Kier molecular flexibility index (Phi) is 2.98. The highest BCUT2D eigenvalue weighted by molar-refractivity contribution is 9.10. The molecule has 0 aliphatic carbocycles. The van der Waals surface area contributed by atoms with Crippen molar-refractivity contribution < 1.29 is 5.11 Å². The molecule has 0 saturated heterocycles. The summed E-state index contributed by atoms with van der Waals surface area (Å²) in [6, 6.07) is 1.93. The molecule has 72 valence electrons. The van der Waals surface area contributed by atoms with Crippen molar-refractivity contribution in [2.75, 3.05) is 0 Å². The lowest BCUT2D eigenvalue weighted by atomic mass is 10.00. The number of aryl methyl sites for hydroxylation is 1. The van der Waals surface area contributed by atoms with Crippen LogP contribution in [0.3, 0.4) is 0 Å². The van der Waals surface area contributed by atoms with E-state index in [0.717, 1.165) is 21.2 Å². The second kappa shape index (κ2) is 3.68. The van der Waals surface area contributed by atoms with Crippen molar-refractivity contribution in [3.05, 3.63) is 27.2 Å². The van der Waals surface area contributed by atoms with Gasteiger partial charge in [0.25, 0.3) is 0 Å². The molecule has 0 radical (unpaired) electrons. The van der Waals surface area contributed by atoms with Crippen molar-refractivity contribution in [1.82, 2.24) is 0 Å². The Hall–Kier alpha value is -0.540. The Balaban J connectivity index is 3.41. The molecular weight excluding hydrogens is 230 g/mol. The molecule has 1 atom stereocenters. The van der Waals surface area contributed by atoms with Crippen LogP contribution in [0.25, 0.3) is 0 Å². The van der Waals surface area contributed by atoms with Crippen LogP contribution in [0.5, 0.6) is 5.75 Å². The maximum absolute atomic E-state index is 9.61. The van der Waals surface area contributed by atoms with Gasteiger partial charge in [0, 0.05) is 6.04 Å². The van der Waals surface area contributed by atoms with Crippen molar-refractivity contribution in [1.29, 1.82) is 0 Å². The van der Waals surface area contributed by atoms with E-state index in [9.17, 15) is 5.11 Å². The van der Waals surface area contributed by atoms with Crippen LogP contribution >= 0.6 is 15.9 Å². The summed E-state index contributed by atoms with van der Waals surface area (Å²) in [6.07, 6.45) is 0. The zero-order chi connectivity index (χ0) is 10.2. The second-order valence-electron chi connectivity index (χ2n) is 3.36. The van der Waals surface area contributed by atoms with Crippen LogP contribution in [0.1, 0.15) is 29.7 Å². The topological polar surface area (TPSA) is 46.2 Å². The van der Waals surface area contributed by atoms with Crippen LogP contribution in [0.2, 0.25) is 0 Å². The van der Waals surface area contributed by atoms with E-state index in [0.29, 0.717) is 5.75 Å². The molecule has 3 N–H and O–H groups in total. The monoisotopic (exact) mass is 243 g/mol. The predicted octanol–water partition coefficient (Wildman–Crippen LogP) is 2.79. The van der Waals surface area contributed by atoms with Gasteiger partial charge in [-0.2, -0.15) is 0 Å². The summed E-state index contributed by atoms with van der Waals surface area (Å²) in [7, 11) is 0. The van der Waals surface area contributed by atoms with E-state index < -0.39 is 0 Å². The Morgan fingerprint density at radius 2 is 2.00 bits per heavy atom. The van der Waals surface area contributed by atoms with Crippen LogP contribution in [0.4, 0.5) is 0 Å². The van der Waals surface area contributed by atoms with E-state index in [1.165, 1.54) is 0 Å². The molecule has 1 rings (SSSR count). The van der Waals surface area contributed by atoms with Gasteiger partial charge in [0.15, 0.2) is 0 Å². The molecule has 0 aromatic heterocycles. The molecule has 0 saturated carbocycles. The van der Waals surface area contributed by atoms with Gasteiger partial charge in [-0.15, -0.1) is 0 Å². The number of halogens is 1. The van der Waals surface area contributed by atoms with Crippen LogP contribution in [-0.4, -0.2) is 5.11 Å². The number of phenolic OH excluding ortho intramolecular Hbond substituents is 1. The molecule has 1 unspecified atom stereocenters. The number of hydrogen-bond donors (Lipinski definition) is 2. The molecule has 0 aliphatic heterocycles. The van der Waals surface area contributed by atoms with Gasteiger partial charge in [0.1, 0.15) is 5.75 Å². The predicted molar refractivity (Wildman–Crippen MR) is 57.9 cm³/mol. The third-order valence-electron chi connectivity index (χ3n) is 2.21. The fourth-order valence-corrected chi connectivity index (χ4v) is 1.90. The van der Waals surface area contributed by atoms with Gasteiger partial charge >= 0.3 is 0 Å². The molecule has 13 heavy (non-hydrogen) atoms. The first-order chi connectivity index (χ1) is 5.95. The third-order valence-corrected chi connectivity index (χ3v) is 3.18. The van der Waals surface area contributed by atoms with Gasteiger partial charge in [0.05, 0.1) is 4.47 Å². The van der Waals surface area contributed by atoms with Crippen LogP contribution in [-0.2, 0) is 0 Å². The lowest BCUT2D eigenvalue weighted by Crippen LogP contribution is -2.07. The van der Waals surface area contributed by atoms with Crippen molar-refractivity contribution in [2.24, 2.45) is 5.73 Å². The average molecular weight is 244 g/mol. The maximum atomic E-state index is 9.61. The van der Waals surface area contributed by atoms with Gasteiger partial charge in [-0.1, -0.05) is 6.07 Å². The molecule has 0 bridgehead atoms. The minimum atomic E-state index is -0.00407. The molecule has 0 spiro atoms. The summed E-state index contributed by atoms with van der Waals surface area (Å²) < 4.78 is 0.750. The Morgan fingerprint density at radius 1 is 1.46 bits per heavy atom. The van der Waals surface area contributed by atoms with E-state index in [4.69, 9.17) is 5.73 Å². The summed E-state index contributed by atoms with van der Waals surface area (Å²) in [5, 5.41) is 9.61. The van der Waals surface area contributed by atoms with E-state index in [2.05, 4.69) is 15.9 Å². The Bertz CT molecular complexity index is 334. The lowest BCUT2D eigenvalue weighted by molar-refractivity contribution is 0.466. The van der Waals surface area contributed by atoms with E-state index in [-0.39, 0.29) is 6.04 Å². The minimum Gasteiger partial charge on any atom is -0.506 e. The maximum Gasteiger partial charge on any atom is 0.132 e. The zero-order valence-corrected chi connectivity index (χ0v) is 9.64. The first kappa shape index (κ1) is 10.5. The molecule has 1 aromatic carbocycles. The molecular formula is C10H14BrNO. The highest BCUT2D eigenvalue weighted by Gasteiger charge is 2.12. The zero-order valence-electron chi connectivity index (χ0n) is 8.06. The molecule has 0 amide bonds. The fraction of sp³-hybridized carbons (Fsp3) is 0.400. The van der Waals surface area contributed by atoms with Crippen LogP contribution in [0.15, 0.2) is 10.5 Å². The van der Waals surface area contributed by atoms with Crippen molar-refractivity contribution in [2.45, 2.75) is 26.8 Å². The van der Waals surface area contributed by atoms with E-state index in [1.54, 1.807) is 0 Å². The van der Waals surface area contributed by atoms with E-state index >= 15 is 0 Å².